The molecule has 0 aliphatic rings. The summed E-state index contributed by atoms with van der Waals surface area (Å²) in [6, 6.07) is 93.9. The zero-order chi connectivity index (χ0) is 58.3. The normalized spacial score (nSPS) is 11.4. The molecule has 12 heteroatoms. The first-order valence-corrected chi connectivity index (χ1v) is 28.9. The molecule has 0 saturated heterocycles. The van der Waals surface area contributed by atoms with Crippen molar-refractivity contribution in [3.8, 4) is 137 Å². The molecule has 12 nitrogen and oxygen atoms in total. The Kier molecular flexibility index (Phi) is 12.9. The minimum atomic E-state index is 0.297. The molecule has 0 amide bonds. The van der Waals surface area contributed by atoms with Crippen LogP contribution < -0.4 is 0 Å². The lowest BCUT2D eigenvalue weighted by atomic mass is 9.83. The molecule has 0 atom stereocenters. The van der Waals surface area contributed by atoms with E-state index < -0.39 is 0 Å². The second-order valence-electron chi connectivity index (χ2n) is 21.2. The van der Waals surface area contributed by atoms with Crippen LogP contribution >= 0.6 is 0 Å². The minimum absolute atomic E-state index is 0.297. The third-order valence-corrected chi connectivity index (χ3v) is 15.7. The van der Waals surface area contributed by atoms with E-state index >= 15 is 0 Å². The molecule has 0 unspecified atom stereocenters. The van der Waals surface area contributed by atoms with E-state index in [0.29, 0.717) is 69.9 Å². The van der Waals surface area contributed by atoms with E-state index in [0.717, 1.165) is 99.1 Å². The van der Waals surface area contributed by atoms with E-state index in [1.165, 1.54) is 0 Å². The van der Waals surface area contributed by atoms with Crippen LogP contribution in [-0.4, -0.2) is 59.8 Å². The molecule has 0 spiro atoms. The lowest BCUT2D eigenvalue weighted by Gasteiger charge is -2.21. The molecule has 0 bridgehead atoms. The zero-order valence-corrected chi connectivity index (χ0v) is 46.9. The highest BCUT2D eigenvalue weighted by atomic mass is 15.1. The minimum Gasteiger partial charge on any atom is -0.208 e. The Morgan fingerprint density at radius 2 is 0.307 bits per heavy atom. The van der Waals surface area contributed by atoms with Gasteiger partial charge in [-0.1, -0.05) is 267 Å². The van der Waals surface area contributed by atoms with E-state index in [1.54, 1.807) is 0 Å². The molecule has 16 aromatic rings. The lowest BCUT2D eigenvalue weighted by Crippen LogP contribution is -2.06. The van der Waals surface area contributed by atoms with Gasteiger partial charge in [-0.15, -0.1) is 0 Å². The maximum Gasteiger partial charge on any atom is 0.202 e. The van der Waals surface area contributed by atoms with Crippen molar-refractivity contribution in [3.63, 3.8) is 0 Å². The van der Waals surface area contributed by atoms with E-state index in [2.05, 4.69) is 84.9 Å². The summed E-state index contributed by atoms with van der Waals surface area (Å²) in [6.45, 7) is 0. The quantitative estimate of drug-likeness (QED) is 0.107. The summed E-state index contributed by atoms with van der Waals surface area (Å²) in [4.78, 5) is 62.6. The van der Waals surface area contributed by atoms with Gasteiger partial charge in [0.05, 0.1) is 0 Å². The molecule has 0 saturated carbocycles. The van der Waals surface area contributed by atoms with E-state index in [4.69, 9.17) is 59.8 Å². The van der Waals surface area contributed by atoms with Gasteiger partial charge in [0, 0.05) is 44.5 Å². The van der Waals surface area contributed by atoms with Crippen molar-refractivity contribution in [2.24, 2.45) is 0 Å². The molecule has 12 aromatic carbocycles. The van der Waals surface area contributed by atoms with Gasteiger partial charge in [0.1, 0.15) is 0 Å². The SMILES string of the molecule is c1ccc(-c2nc(-c3ccccc3)nc(-c3nc(-c4ccccc4)nc(-c4cc(-c5ccccc5)c5ccc6c(-c7nc(-c8ccccc8)nc(-c8nc(-c9ccccc9)nc(-c9ccccc9)n8)n7)cc(-c7ccccc7)c7ccc4c5c76)n3)n2)cc1. The molecule has 410 valence electrons. The number of hydrogen-bond acceptors (Lipinski definition) is 12. The molecule has 0 fully saturated rings. The molecule has 16 rings (SSSR count). The topological polar surface area (TPSA) is 155 Å². The Morgan fingerprint density at radius 1 is 0.136 bits per heavy atom. The van der Waals surface area contributed by atoms with E-state index in [9.17, 15) is 0 Å². The third-order valence-electron chi connectivity index (χ3n) is 15.7. The van der Waals surface area contributed by atoms with Crippen molar-refractivity contribution in [2.75, 3.05) is 0 Å². The van der Waals surface area contributed by atoms with Gasteiger partial charge in [-0.2, -0.15) is 0 Å². The summed E-state index contributed by atoms with van der Waals surface area (Å²) in [5.41, 5.74) is 10.6. The largest absolute Gasteiger partial charge is 0.208 e. The van der Waals surface area contributed by atoms with Crippen LogP contribution in [0.3, 0.4) is 0 Å². The summed E-state index contributed by atoms with van der Waals surface area (Å²) in [5, 5.41) is 5.98. The molecule has 0 N–H and O–H groups in total. The predicted molar refractivity (Wildman–Crippen MR) is 349 cm³/mol. The van der Waals surface area contributed by atoms with Gasteiger partial charge >= 0.3 is 0 Å². The summed E-state index contributed by atoms with van der Waals surface area (Å²) >= 11 is 0. The van der Waals surface area contributed by atoms with Gasteiger partial charge < -0.3 is 0 Å². The van der Waals surface area contributed by atoms with Crippen LogP contribution in [0.4, 0.5) is 0 Å². The molecule has 0 radical (unpaired) electrons. The predicted octanol–water partition coefficient (Wildman–Crippen LogP) is 17.3. The second-order valence-corrected chi connectivity index (χ2v) is 21.2. The van der Waals surface area contributed by atoms with Crippen LogP contribution in [0.25, 0.3) is 169 Å². The van der Waals surface area contributed by atoms with Crippen molar-refractivity contribution < 1.29 is 0 Å². The van der Waals surface area contributed by atoms with Crippen LogP contribution in [-0.2, 0) is 0 Å². The monoisotopic (exact) mass is 1130 g/mol. The highest BCUT2D eigenvalue weighted by Crippen LogP contribution is 2.48. The zero-order valence-electron chi connectivity index (χ0n) is 46.9. The maximum atomic E-state index is 5.43. The fourth-order valence-electron chi connectivity index (χ4n) is 11.5. The highest BCUT2D eigenvalue weighted by molar-refractivity contribution is 6.31. The van der Waals surface area contributed by atoms with Crippen molar-refractivity contribution in [2.45, 2.75) is 0 Å². The summed E-state index contributed by atoms with van der Waals surface area (Å²) in [6.07, 6.45) is 0. The molecule has 4 aromatic heterocycles. The van der Waals surface area contributed by atoms with Gasteiger partial charge in [-0.05, 0) is 66.7 Å². The maximum absolute atomic E-state index is 5.43. The molecule has 0 aliphatic heterocycles. The first-order chi connectivity index (χ1) is 43.6. The first-order valence-electron chi connectivity index (χ1n) is 28.9. The number of aromatic nitrogens is 12. The van der Waals surface area contributed by atoms with Gasteiger partial charge in [0.2, 0.25) is 23.3 Å². The lowest BCUT2D eigenvalue weighted by molar-refractivity contribution is 1.00. The Morgan fingerprint density at radius 3 is 0.534 bits per heavy atom. The molecule has 4 heterocycles. The molecular weight excluding hydrogens is 1080 g/mol. The average Bonchev–Trinajstić information content (AvgIpc) is 0.867. The van der Waals surface area contributed by atoms with Gasteiger partial charge in [0.15, 0.2) is 46.6 Å². The highest BCUT2D eigenvalue weighted by Gasteiger charge is 2.26. The fourth-order valence-corrected chi connectivity index (χ4v) is 11.5. The van der Waals surface area contributed by atoms with Gasteiger partial charge in [-0.3, -0.25) is 0 Å². The Balaban J connectivity index is 0.980. The van der Waals surface area contributed by atoms with Crippen LogP contribution in [0.15, 0.2) is 279 Å². The van der Waals surface area contributed by atoms with E-state index in [1.807, 2.05) is 194 Å². The van der Waals surface area contributed by atoms with Crippen molar-refractivity contribution in [3.05, 3.63) is 279 Å². The molecule has 0 aliphatic carbocycles. The van der Waals surface area contributed by atoms with Crippen molar-refractivity contribution in [1.29, 1.82) is 0 Å². The van der Waals surface area contributed by atoms with Crippen molar-refractivity contribution in [1.82, 2.24) is 59.8 Å². The van der Waals surface area contributed by atoms with Crippen LogP contribution in [0.1, 0.15) is 0 Å². The van der Waals surface area contributed by atoms with Crippen LogP contribution in [0.5, 0.6) is 0 Å². The Bertz CT molecular complexity index is 4780. The van der Waals surface area contributed by atoms with Gasteiger partial charge in [-0.25, -0.2) is 59.8 Å². The number of rotatable bonds is 12. The van der Waals surface area contributed by atoms with Gasteiger partial charge in [0.25, 0.3) is 0 Å². The van der Waals surface area contributed by atoms with E-state index in [-0.39, 0.29) is 0 Å². The number of benzene rings is 12. The first kappa shape index (κ1) is 51.4. The summed E-state index contributed by atoms with van der Waals surface area (Å²) in [5.74, 6) is 5.02. The third kappa shape index (κ3) is 9.58. The molecule has 88 heavy (non-hydrogen) atoms. The summed E-state index contributed by atoms with van der Waals surface area (Å²) in [7, 11) is 0. The summed E-state index contributed by atoms with van der Waals surface area (Å²) < 4.78 is 0. The molecular formula is C76H46N12. The number of nitrogens with zero attached hydrogens (tertiary/aromatic N) is 12. The fraction of sp³-hybridized carbons (Fsp3) is 0. The van der Waals surface area contributed by atoms with Crippen LogP contribution in [0, 0.1) is 0 Å². The second kappa shape index (κ2) is 22.0. The van der Waals surface area contributed by atoms with Crippen LogP contribution in [0.2, 0.25) is 0 Å². The standard InChI is InChI=1S/C76H46N12/c1-9-25-47(26-10-1)59-45-61(71-79-69(53-37-21-7-22-38-53)85-75(87-71)73-81-65(49-29-13-3-14-30-49)77-66(82-73)50-31-15-4-16-32-50)57-44-42-56-60(48-27-11-2-12-28-48)46-62(58-43-41-55(59)63(57)64(56)58)72-80-70(54-39-23-8-24-40-54)86-76(88-72)74-83-67(51-33-17-5-18-34-51)78-68(84-74)52-35-19-6-20-36-52/h1-46H. The van der Waals surface area contributed by atoms with Crippen molar-refractivity contribution >= 4 is 32.3 Å². The Hall–Kier alpha value is -12.3. The number of hydrogen-bond donors (Lipinski definition) is 0. The smallest absolute Gasteiger partial charge is 0.202 e. The average molecular weight is 1130 g/mol. The Labute approximate surface area is 505 Å².